The number of carboxylic acid groups (broad SMARTS) is 1. The van der Waals surface area contributed by atoms with Crippen molar-refractivity contribution in [3.8, 4) is 0 Å². The predicted molar refractivity (Wildman–Crippen MR) is 86.2 cm³/mol. The minimum atomic E-state index is -0.990. The SMILES string of the molecule is Cc1cccc2c1ccc1nc3cccc(C(=O)O)c3nc12. The molecule has 0 amide bonds. The predicted octanol–water partition coefficient (Wildman–Crippen LogP) is 3.94. The molecule has 0 saturated carbocycles. The number of benzene rings is 3. The van der Waals surface area contributed by atoms with E-state index in [2.05, 4.69) is 9.97 Å². The Balaban J connectivity index is 2.23. The van der Waals surface area contributed by atoms with Crippen molar-refractivity contribution in [2.75, 3.05) is 0 Å². The molecule has 1 aromatic heterocycles. The second-order valence-electron chi connectivity index (χ2n) is 5.31. The fourth-order valence-corrected chi connectivity index (χ4v) is 2.85. The zero-order chi connectivity index (χ0) is 15.3. The Morgan fingerprint density at radius 2 is 1.64 bits per heavy atom. The molecule has 0 atom stereocenters. The van der Waals surface area contributed by atoms with Crippen LogP contribution < -0.4 is 0 Å². The molecule has 0 aliphatic carbocycles. The van der Waals surface area contributed by atoms with E-state index >= 15 is 0 Å². The highest BCUT2D eigenvalue weighted by Gasteiger charge is 2.13. The first-order valence-corrected chi connectivity index (χ1v) is 6.97. The standard InChI is InChI=1S/C18H12N2O2/c1-10-4-2-5-12-11(10)8-9-15-16(12)20-17-13(18(21)22)6-3-7-14(17)19-15/h2-9H,1H3,(H,21,22). The molecule has 4 heteroatoms. The van der Waals surface area contributed by atoms with Crippen molar-refractivity contribution < 1.29 is 9.90 Å². The summed E-state index contributed by atoms with van der Waals surface area (Å²) in [5.41, 5.74) is 3.87. The van der Waals surface area contributed by atoms with Crippen LogP contribution in [0.1, 0.15) is 15.9 Å². The van der Waals surface area contributed by atoms with Gasteiger partial charge < -0.3 is 5.11 Å². The van der Waals surface area contributed by atoms with Crippen molar-refractivity contribution >= 4 is 38.8 Å². The van der Waals surface area contributed by atoms with Crippen LogP contribution >= 0.6 is 0 Å². The van der Waals surface area contributed by atoms with Crippen LogP contribution in [0.2, 0.25) is 0 Å². The van der Waals surface area contributed by atoms with Crippen LogP contribution in [0, 0.1) is 6.92 Å². The second kappa shape index (κ2) is 4.49. The van der Waals surface area contributed by atoms with Crippen LogP contribution in [-0.2, 0) is 0 Å². The van der Waals surface area contributed by atoms with Gasteiger partial charge in [0, 0.05) is 5.39 Å². The van der Waals surface area contributed by atoms with E-state index in [1.165, 1.54) is 0 Å². The summed E-state index contributed by atoms with van der Waals surface area (Å²) in [7, 11) is 0. The minimum absolute atomic E-state index is 0.177. The summed E-state index contributed by atoms with van der Waals surface area (Å²) in [6.45, 7) is 2.05. The van der Waals surface area contributed by atoms with E-state index in [1.807, 2.05) is 37.3 Å². The van der Waals surface area contributed by atoms with E-state index < -0.39 is 5.97 Å². The van der Waals surface area contributed by atoms with E-state index in [9.17, 15) is 9.90 Å². The molecule has 0 fully saturated rings. The van der Waals surface area contributed by atoms with Crippen LogP contribution in [0.5, 0.6) is 0 Å². The molecular formula is C18H12N2O2. The van der Waals surface area contributed by atoms with Gasteiger partial charge in [-0.05, 0) is 36.1 Å². The molecule has 3 aromatic carbocycles. The number of nitrogens with zero attached hydrogens (tertiary/aromatic N) is 2. The second-order valence-corrected chi connectivity index (χ2v) is 5.31. The number of para-hydroxylation sites is 1. The molecule has 1 heterocycles. The van der Waals surface area contributed by atoms with E-state index in [-0.39, 0.29) is 5.56 Å². The van der Waals surface area contributed by atoms with Crippen molar-refractivity contribution in [3.63, 3.8) is 0 Å². The Kier molecular flexibility index (Phi) is 2.60. The van der Waals surface area contributed by atoms with Gasteiger partial charge in [-0.25, -0.2) is 14.8 Å². The molecule has 0 bridgehead atoms. The Morgan fingerprint density at radius 3 is 2.45 bits per heavy atom. The fraction of sp³-hybridized carbons (Fsp3) is 0.0556. The van der Waals surface area contributed by atoms with E-state index in [4.69, 9.17) is 0 Å². The van der Waals surface area contributed by atoms with Gasteiger partial charge in [0.15, 0.2) is 0 Å². The molecule has 0 unspecified atom stereocenters. The molecule has 0 radical (unpaired) electrons. The number of fused-ring (bicyclic) bond motifs is 4. The normalized spacial score (nSPS) is 11.3. The van der Waals surface area contributed by atoms with Crippen molar-refractivity contribution in [1.82, 2.24) is 9.97 Å². The van der Waals surface area contributed by atoms with Gasteiger partial charge in [-0.2, -0.15) is 0 Å². The molecule has 0 saturated heterocycles. The average Bonchev–Trinajstić information content (AvgIpc) is 2.52. The summed E-state index contributed by atoms with van der Waals surface area (Å²) >= 11 is 0. The lowest BCUT2D eigenvalue weighted by Gasteiger charge is -2.08. The highest BCUT2D eigenvalue weighted by molar-refractivity contribution is 6.09. The Bertz CT molecular complexity index is 1070. The van der Waals surface area contributed by atoms with Crippen molar-refractivity contribution in [2.24, 2.45) is 0 Å². The largest absolute Gasteiger partial charge is 0.478 e. The first-order chi connectivity index (χ1) is 10.6. The van der Waals surface area contributed by atoms with Gasteiger partial charge >= 0.3 is 5.97 Å². The molecule has 0 aliphatic rings. The van der Waals surface area contributed by atoms with Gasteiger partial charge in [0.05, 0.1) is 22.1 Å². The van der Waals surface area contributed by atoms with Gasteiger partial charge in [-0.1, -0.05) is 30.3 Å². The molecule has 0 aliphatic heterocycles. The third-order valence-electron chi connectivity index (χ3n) is 3.94. The summed E-state index contributed by atoms with van der Waals surface area (Å²) in [4.78, 5) is 20.6. The Morgan fingerprint density at radius 1 is 0.864 bits per heavy atom. The van der Waals surface area contributed by atoms with Gasteiger partial charge in [-0.3, -0.25) is 0 Å². The van der Waals surface area contributed by atoms with Crippen molar-refractivity contribution in [3.05, 3.63) is 59.7 Å². The number of aromatic nitrogens is 2. The summed E-state index contributed by atoms with van der Waals surface area (Å²) in [6.07, 6.45) is 0. The molecule has 1 N–H and O–H groups in total. The zero-order valence-corrected chi connectivity index (χ0v) is 11.9. The molecule has 4 nitrogen and oxygen atoms in total. The topological polar surface area (TPSA) is 63.1 Å². The first-order valence-electron chi connectivity index (χ1n) is 6.97. The number of carbonyl (C=O) groups is 1. The number of carboxylic acids is 1. The zero-order valence-electron chi connectivity index (χ0n) is 11.9. The van der Waals surface area contributed by atoms with Crippen molar-refractivity contribution in [1.29, 1.82) is 0 Å². The maximum absolute atomic E-state index is 11.4. The van der Waals surface area contributed by atoms with Gasteiger partial charge in [0.1, 0.15) is 5.52 Å². The quantitative estimate of drug-likeness (QED) is 0.425. The van der Waals surface area contributed by atoms with Crippen LogP contribution in [0.4, 0.5) is 0 Å². The molecular weight excluding hydrogens is 276 g/mol. The van der Waals surface area contributed by atoms with Crippen LogP contribution in [0.15, 0.2) is 48.5 Å². The highest BCUT2D eigenvalue weighted by atomic mass is 16.4. The lowest BCUT2D eigenvalue weighted by atomic mass is 10.0. The summed E-state index contributed by atoms with van der Waals surface area (Å²) in [6, 6.07) is 15.0. The lowest BCUT2D eigenvalue weighted by Crippen LogP contribution is -2.00. The Labute approximate surface area is 126 Å². The smallest absolute Gasteiger partial charge is 0.337 e. The molecule has 22 heavy (non-hydrogen) atoms. The number of aryl methyl sites for hydroxylation is 1. The first kappa shape index (κ1) is 12.7. The molecule has 4 aromatic rings. The summed E-state index contributed by atoms with van der Waals surface area (Å²) < 4.78 is 0. The minimum Gasteiger partial charge on any atom is -0.478 e. The third-order valence-corrected chi connectivity index (χ3v) is 3.94. The maximum atomic E-state index is 11.4. The van der Waals surface area contributed by atoms with E-state index in [0.717, 1.165) is 27.4 Å². The lowest BCUT2D eigenvalue weighted by molar-refractivity contribution is 0.0699. The fourth-order valence-electron chi connectivity index (χ4n) is 2.85. The third kappa shape index (κ3) is 1.74. The number of rotatable bonds is 1. The molecule has 0 spiro atoms. The number of aromatic carboxylic acids is 1. The number of hydrogen-bond acceptors (Lipinski definition) is 3. The van der Waals surface area contributed by atoms with E-state index in [0.29, 0.717) is 11.0 Å². The maximum Gasteiger partial charge on any atom is 0.337 e. The summed E-state index contributed by atoms with van der Waals surface area (Å²) in [5, 5.41) is 11.4. The van der Waals surface area contributed by atoms with Crippen molar-refractivity contribution in [2.45, 2.75) is 6.92 Å². The average molecular weight is 288 g/mol. The highest BCUT2D eigenvalue weighted by Crippen LogP contribution is 2.27. The number of hydrogen-bond donors (Lipinski definition) is 1. The van der Waals surface area contributed by atoms with Gasteiger partial charge in [-0.15, -0.1) is 0 Å². The van der Waals surface area contributed by atoms with Crippen LogP contribution in [0.25, 0.3) is 32.8 Å². The molecule has 106 valence electrons. The Hall–Kier alpha value is -3.01. The van der Waals surface area contributed by atoms with E-state index in [1.54, 1.807) is 18.2 Å². The summed E-state index contributed by atoms with van der Waals surface area (Å²) in [5.74, 6) is -0.990. The van der Waals surface area contributed by atoms with Gasteiger partial charge in [0.25, 0.3) is 0 Å². The molecule has 4 rings (SSSR count). The monoisotopic (exact) mass is 288 g/mol. The van der Waals surface area contributed by atoms with Crippen LogP contribution in [-0.4, -0.2) is 21.0 Å². The van der Waals surface area contributed by atoms with Gasteiger partial charge in [0.2, 0.25) is 0 Å². The van der Waals surface area contributed by atoms with Crippen LogP contribution in [0.3, 0.4) is 0 Å².